The van der Waals surface area contributed by atoms with Gasteiger partial charge in [-0.05, 0) is 24.3 Å². The molecule has 2 aromatic heterocycles. The maximum absolute atomic E-state index is 10.3. The summed E-state index contributed by atoms with van der Waals surface area (Å²) in [5.41, 5.74) is 2.59. The van der Waals surface area contributed by atoms with Gasteiger partial charge in [-0.1, -0.05) is 18.2 Å². The summed E-state index contributed by atoms with van der Waals surface area (Å²) in [7, 11) is 0. The van der Waals surface area contributed by atoms with Gasteiger partial charge in [-0.25, -0.2) is 4.68 Å². The molecule has 0 amide bonds. The van der Waals surface area contributed by atoms with Crippen molar-refractivity contribution in [3.63, 3.8) is 0 Å². The second kappa shape index (κ2) is 6.70. The van der Waals surface area contributed by atoms with E-state index in [1.165, 1.54) is 0 Å². The molecule has 2 heterocycles. The van der Waals surface area contributed by atoms with Crippen LogP contribution in [0.4, 0.5) is 0 Å². The first kappa shape index (κ1) is 15.4. The first-order chi connectivity index (χ1) is 11.2. The van der Waals surface area contributed by atoms with Crippen LogP contribution in [0.2, 0.25) is 0 Å². The normalized spacial score (nSPS) is 13.7. The van der Waals surface area contributed by atoms with Crippen molar-refractivity contribution in [1.29, 1.82) is 0 Å². The first-order valence-electron chi connectivity index (χ1n) is 7.23. The minimum atomic E-state index is -1.27. The minimum Gasteiger partial charge on any atom is -0.394 e. The Balaban J connectivity index is 2.11. The smallest absolute Gasteiger partial charge is 0.111 e. The Morgan fingerprint density at radius 1 is 1.00 bits per heavy atom. The lowest BCUT2D eigenvalue weighted by molar-refractivity contribution is -0.0150. The van der Waals surface area contributed by atoms with Crippen LogP contribution in [-0.4, -0.2) is 42.8 Å². The highest BCUT2D eigenvalue weighted by atomic mass is 16.4. The number of hydrogen-bond donors (Lipinski definition) is 3. The summed E-state index contributed by atoms with van der Waals surface area (Å²) in [5.74, 6) is 0. The number of pyridine rings is 1. The molecule has 6 nitrogen and oxygen atoms in total. The average molecular weight is 311 g/mol. The number of aromatic nitrogens is 3. The van der Waals surface area contributed by atoms with Crippen molar-refractivity contribution in [2.24, 2.45) is 0 Å². The van der Waals surface area contributed by atoms with Crippen LogP contribution >= 0.6 is 0 Å². The SMILES string of the molecule is OCC(O)C(O)c1cn(-c2ccccc2)nc1-c1ccncc1. The van der Waals surface area contributed by atoms with E-state index < -0.39 is 18.8 Å². The Morgan fingerprint density at radius 3 is 2.35 bits per heavy atom. The van der Waals surface area contributed by atoms with Crippen molar-refractivity contribution < 1.29 is 15.3 Å². The van der Waals surface area contributed by atoms with E-state index in [-0.39, 0.29) is 0 Å². The molecule has 0 saturated heterocycles. The van der Waals surface area contributed by atoms with E-state index in [2.05, 4.69) is 10.1 Å². The van der Waals surface area contributed by atoms with Gasteiger partial charge in [0.25, 0.3) is 0 Å². The van der Waals surface area contributed by atoms with Gasteiger partial charge < -0.3 is 15.3 Å². The first-order valence-corrected chi connectivity index (χ1v) is 7.23. The quantitative estimate of drug-likeness (QED) is 0.661. The summed E-state index contributed by atoms with van der Waals surface area (Å²) >= 11 is 0. The molecule has 0 radical (unpaired) electrons. The van der Waals surface area contributed by atoms with Gasteiger partial charge in [-0.3, -0.25) is 4.98 Å². The highest BCUT2D eigenvalue weighted by Gasteiger charge is 2.24. The van der Waals surface area contributed by atoms with E-state index >= 15 is 0 Å². The molecule has 6 heteroatoms. The lowest BCUT2D eigenvalue weighted by atomic mass is 10.0. The number of nitrogens with zero attached hydrogens (tertiary/aromatic N) is 3. The number of hydrogen-bond acceptors (Lipinski definition) is 5. The third-order valence-corrected chi connectivity index (χ3v) is 3.59. The number of benzene rings is 1. The van der Waals surface area contributed by atoms with E-state index in [1.54, 1.807) is 35.4 Å². The van der Waals surface area contributed by atoms with Crippen LogP contribution in [0.1, 0.15) is 11.7 Å². The second-order valence-corrected chi connectivity index (χ2v) is 5.14. The monoisotopic (exact) mass is 311 g/mol. The molecule has 1 aromatic carbocycles. The Labute approximate surface area is 133 Å². The van der Waals surface area contributed by atoms with E-state index in [0.29, 0.717) is 11.3 Å². The van der Waals surface area contributed by atoms with E-state index in [1.807, 2.05) is 30.3 Å². The zero-order valence-corrected chi connectivity index (χ0v) is 12.3. The Morgan fingerprint density at radius 2 is 1.70 bits per heavy atom. The maximum atomic E-state index is 10.3. The van der Waals surface area contributed by atoms with E-state index in [0.717, 1.165) is 11.3 Å². The Kier molecular flexibility index (Phi) is 4.47. The van der Waals surface area contributed by atoms with Crippen LogP contribution in [0.5, 0.6) is 0 Å². The number of aliphatic hydroxyl groups excluding tert-OH is 3. The molecule has 2 unspecified atom stereocenters. The van der Waals surface area contributed by atoms with Crippen LogP contribution in [0.3, 0.4) is 0 Å². The molecule has 3 aromatic rings. The average Bonchev–Trinajstić information content (AvgIpc) is 3.07. The molecule has 0 bridgehead atoms. The van der Waals surface area contributed by atoms with Gasteiger partial charge in [-0.15, -0.1) is 0 Å². The summed E-state index contributed by atoms with van der Waals surface area (Å²) in [6.07, 6.45) is 2.42. The predicted molar refractivity (Wildman–Crippen MR) is 84.8 cm³/mol. The standard InChI is InChI=1S/C17H17N3O3/c21-11-15(22)17(23)14-10-20(13-4-2-1-3-5-13)19-16(14)12-6-8-18-9-7-12/h1-10,15,17,21-23H,11H2. The predicted octanol–water partition coefficient (Wildman–Crippen LogP) is 1.32. The number of aliphatic hydroxyl groups is 3. The largest absolute Gasteiger partial charge is 0.394 e. The Bertz CT molecular complexity index is 759. The van der Waals surface area contributed by atoms with Crippen LogP contribution in [-0.2, 0) is 0 Å². The fourth-order valence-corrected chi connectivity index (χ4v) is 2.36. The fraction of sp³-hybridized carbons (Fsp3) is 0.176. The lowest BCUT2D eigenvalue weighted by Crippen LogP contribution is -2.22. The molecule has 0 spiro atoms. The molecule has 23 heavy (non-hydrogen) atoms. The molecule has 3 rings (SSSR count). The molecule has 3 N–H and O–H groups in total. The van der Waals surface area contributed by atoms with Crippen LogP contribution in [0, 0.1) is 0 Å². The zero-order valence-electron chi connectivity index (χ0n) is 12.3. The second-order valence-electron chi connectivity index (χ2n) is 5.14. The van der Waals surface area contributed by atoms with Crippen LogP contribution in [0.15, 0.2) is 61.1 Å². The molecule has 0 aliphatic carbocycles. The van der Waals surface area contributed by atoms with Gasteiger partial charge in [0, 0.05) is 29.7 Å². The van der Waals surface area contributed by atoms with Gasteiger partial charge in [0.1, 0.15) is 12.2 Å². The third-order valence-electron chi connectivity index (χ3n) is 3.59. The molecular formula is C17H17N3O3. The molecule has 0 aliphatic heterocycles. The van der Waals surface area contributed by atoms with Crippen LogP contribution in [0.25, 0.3) is 16.9 Å². The highest BCUT2D eigenvalue weighted by Crippen LogP contribution is 2.29. The van der Waals surface area contributed by atoms with Gasteiger partial charge in [-0.2, -0.15) is 5.10 Å². The van der Waals surface area contributed by atoms with Gasteiger partial charge in [0.05, 0.1) is 18.0 Å². The van der Waals surface area contributed by atoms with Gasteiger partial charge in [0.2, 0.25) is 0 Å². The lowest BCUT2D eigenvalue weighted by Gasteiger charge is -2.15. The molecule has 0 fully saturated rings. The summed E-state index contributed by atoms with van der Waals surface area (Å²) in [4.78, 5) is 3.98. The van der Waals surface area contributed by atoms with E-state index in [9.17, 15) is 10.2 Å². The number of rotatable bonds is 5. The third kappa shape index (κ3) is 3.14. The van der Waals surface area contributed by atoms with Crippen molar-refractivity contribution in [2.45, 2.75) is 12.2 Å². The summed E-state index contributed by atoms with van der Waals surface area (Å²) < 4.78 is 1.64. The van der Waals surface area contributed by atoms with Crippen molar-refractivity contribution in [1.82, 2.24) is 14.8 Å². The summed E-state index contributed by atoms with van der Waals surface area (Å²) in [6, 6.07) is 13.0. The fourth-order valence-electron chi connectivity index (χ4n) is 2.36. The van der Waals surface area contributed by atoms with Gasteiger partial charge in [0.15, 0.2) is 0 Å². The minimum absolute atomic E-state index is 0.446. The van der Waals surface area contributed by atoms with Crippen molar-refractivity contribution in [3.05, 3.63) is 66.6 Å². The van der Waals surface area contributed by atoms with Crippen molar-refractivity contribution in [2.75, 3.05) is 6.61 Å². The summed E-state index contributed by atoms with van der Waals surface area (Å²) in [5, 5.41) is 33.7. The number of para-hydroxylation sites is 1. The molecule has 118 valence electrons. The zero-order chi connectivity index (χ0) is 16.2. The van der Waals surface area contributed by atoms with E-state index in [4.69, 9.17) is 5.11 Å². The molecular weight excluding hydrogens is 294 g/mol. The van der Waals surface area contributed by atoms with Gasteiger partial charge >= 0.3 is 0 Å². The Hall–Kier alpha value is -2.54. The summed E-state index contributed by atoms with van der Waals surface area (Å²) in [6.45, 7) is -0.534. The van der Waals surface area contributed by atoms with Crippen LogP contribution < -0.4 is 0 Å². The van der Waals surface area contributed by atoms with Crippen molar-refractivity contribution >= 4 is 0 Å². The highest BCUT2D eigenvalue weighted by molar-refractivity contribution is 5.63. The molecule has 0 aliphatic rings. The van der Waals surface area contributed by atoms with Crippen molar-refractivity contribution in [3.8, 4) is 16.9 Å². The molecule has 2 atom stereocenters. The topological polar surface area (TPSA) is 91.4 Å². The molecule has 0 saturated carbocycles. The maximum Gasteiger partial charge on any atom is 0.111 e.